The van der Waals surface area contributed by atoms with E-state index in [9.17, 15) is 8.78 Å². The van der Waals surface area contributed by atoms with Gasteiger partial charge in [0.25, 0.3) is 0 Å². The molecule has 2 rings (SSSR count). The van der Waals surface area contributed by atoms with Crippen LogP contribution in [0.2, 0.25) is 0 Å². The molecule has 0 aromatic heterocycles. The van der Waals surface area contributed by atoms with Crippen molar-refractivity contribution in [2.75, 3.05) is 6.54 Å². The fourth-order valence-corrected chi connectivity index (χ4v) is 2.39. The molecule has 0 saturated carbocycles. The highest BCUT2D eigenvalue weighted by atomic mass is 19.2. The summed E-state index contributed by atoms with van der Waals surface area (Å²) in [6, 6.07) is 12.1. The van der Waals surface area contributed by atoms with E-state index in [-0.39, 0.29) is 6.04 Å². The molecule has 106 valence electrons. The summed E-state index contributed by atoms with van der Waals surface area (Å²) in [4.78, 5) is 0. The van der Waals surface area contributed by atoms with Gasteiger partial charge >= 0.3 is 0 Å². The van der Waals surface area contributed by atoms with Crippen LogP contribution in [0.15, 0.2) is 42.5 Å². The molecular formula is C17H19F2N. The Hall–Kier alpha value is -1.74. The number of nitrogens with one attached hydrogen (secondary N) is 1. The number of halogens is 2. The number of rotatable bonds is 5. The maximum atomic E-state index is 14.0. The van der Waals surface area contributed by atoms with Gasteiger partial charge < -0.3 is 5.32 Å². The Morgan fingerprint density at radius 1 is 1.05 bits per heavy atom. The molecule has 0 bridgehead atoms. The smallest absolute Gasteiger partial charge is 0.163 e. The zero-order chi connectivity index (χ0) is 14.5. The number of hydrogen-bond acceptors (Lipinski definition) is 1. The van der Waals surface area contributed by atoms with Crippen LogP contribution in [0.5, 0.6) is 0 Å². The van der Waals surface area contributed by atoms with E-state index in [1.807, 2.05) is 38.1 Å². The van der Waals surface area contributed by atoms with Gasteiger partial charge in [-0.1, -0.05) is 43.3 Å². The van der Waals surface area contributed by atoms with Gasteiger partial charge in [-0.05, 0) is 37.1 Å². The monoisotopic (exact) mass is 275 g/mol. The van der Waals surface area contributed by atoms with Gasteiger partial charge in [0.05, 0.1) is 0 Å². The largest absolute Gasteiger partial charge is 0.310 e. The average molecular weight is 275 g/mol. The van der Waals surface area contributed by atoms with Gasteiger partial charge in [0.15, 0.2) is 11.6 Å². The number of benzene rings is 2. The molecule has 2 aromatic carbocycles. The lowest BCUT2D eigenvalue weighted by Crippen LogP contribution is -2.24. The molecule has 0 aliphatic heterocycles. The Bertz CT molecular complexity index is 581. The third-order valence-corrected chi connectivity index (χ3v) is 3.49. The molecule has 3 heteroatoms. The molecule has 1 nitrogen and oxygen atoms in total. The second-order valence-electron chi connectivity index (χ2n) is 4.88. The maximum Gasteiger partial charge on any atom is 0.163 e. The van der Waals surface area contributed by atoms with Crippen molar-refractivity contribution in [3.8, 4) is 0 Å². The Kier molecular flexibility index (Phi) is 4.85. The molecule has 0 amide bonds. The third-order valence-electron chi connectivity index (χ3n) is 3.49. The van der Waals surface area contributed by atoms with E-state index in [1.165, 1.54) is 0 Å². The molecule has 0 fully saturated rings. The van der Waals surface area contributed by atoms with Gasteiger partial charge in [-0.2, -0.15) is 0 Å². The predicted octanol–water partition coefficient (Wildman–Crippen LogP) is 4.17. The second-order valence-corrected chi connectivity index (χ2v) is 4.88. The zero-order valence-electron chi connectivity index (χ0n) is 11.8. The molecule has 20 heavy (non-hydrogen) atoms. The molecule has 0 heterocycles. The summed E-state index contributed by atoms with van der Waals surface area (Å²) in [6.07, 6.45) is 0.640. The topological polar surface area (TPSA) is 12.0 Å². The minimum Gasteiger partial charge on any atom is -0.310 e. The summed E-state index contributed by atoms with van der Waals surface area (Å²) in [7, 11) is 0. The first-order chi connectivity index (χ1) is 9.63. The SMILES string of the molecule is CCNC(Cc1ccccc1C)c1cccc(F)c1F. The van der Waals surface area contributed by atoms with E-state index in [0.717, 1.165) is 17.2 Å². The standard InChI is InChI=1S/C17H19F2N/c1-3-20-16(11-13-8-5-4-7-12(13)2)14-9-6-10-15(18)17(14)19/h4-10,16,20H,3,11H2,1-2H3. The Morgan fingerprint density at radius 2 is 1.80 bits per heavy atom. The fraction of sp³-hybridized carbons (Fsp3) is 0.294. The van der Waals surface area contributed by atoms with Crippen LogP contribution >= 0.6 is 0 Å². The zero-order valence-corrected chi connectivity index (χ0v) is 11.8. The summed E-state index contributed by atoms with van der Waals surface area (Å²) in [6.45, 7) is 4.69. The van der Waals surface area contributed by atoms with Crippen molar-refractivity contribution in [3.05, 3.63) is 70.8 Å². The highest BCUT2D eigenvalue weighted by molar-refractivity contribution is 5.30. The third kappa shape index (κ3) is 3.23. The molecule has 1 unspecified atom stereocenters. The highest BCUT2D eigenvalue weighted by Crippen LogP contribution is 2.24. The first-order valence-electron chi connectivity index (χ1n) is 6.85. The first kappa shape index (κ1) is 14.7. The lowest BCUT2D eigenvalue weighted by Gasteiger charge is -2.20. The van der Waals surface area contributed by atoms with Crippen molar-refractivity contribution in [1.82, 2.24) is 5.32 Å². The summed E-state index contributed by atoms with van der Waals surface area (Å²) in [5, 5.41) is 3.24. The molecular weight excluding hydrogens is 256 g/mol. The minimum absolute atomic E-state index is 0.225. The van der Waals surface area contributed by atoms with Gasteiger partial charge in [0.2, 0.25) is 0 Å². The van der Waals surface area contributed by atoms with Gasteiger partial charge in [-0.25, -0.2) is 8.78 Å². The van der Waals surface area contributed by atoms with Crippen LogP contribution in [0.1, 0.15) is 29.7 Å². The quantitative estimate of drug-likeness (QED) is 0.863. The normalized spacial score (nSPS) is 12.4. The number of aryl methyl sites for hydroxylation is 1. The Balaban J connectivity index is 2.32. The predicted molar refractivity (Wildman–Crippen MR) is 77.7 cm³/mol. The van der Waals surface area contributed by atoms with Crippen LogP contribution in [-0.4, -0.2) is 6.54 Å². The van der Waals surface area contributed by atoms with Crippen molar-refractivity contribution < 1.29 is 8.78 Å². The maximum absolute atomic E-state index is 14.0. The minimum atomic E-state index is -0.796. The van der Waals surface area contributed by atoms with E-state index in [4.69, 9.17) is 0 Å². The fourth-order valence-electron chi connectivity index (χ4n) is 2.39. The van der Waals surface area contributed by atoms with E-state index in [1.54, 1.807) is 12.1 Å². The summed E-state index contributed by atoms with van der Waals surface area (Å²) < 4.78 is 27.4. The number of hydrogen-bond donors (Lipinski definition) is 1. The highest BCUT2D eigenvalue weighted by Gasteiger charge is 2.18. The lowest BCUT2D eigenvalue weighted by atomic mass is 9.95. The molecule has 0 spiro atoms. The average Bonchev–Trinajstić information content (AvgIpc) is 2.44. The van der Waals surface area contributed by atoms with Crippen LogP contribution in [0.3, 0.4) is 0 Å². The van der Waals surface area contributed by atoms with Crippen LogP contribution in [0.4, 0.5) is 8.78 Å². The molecule has 0 radical (unpaired) electrons. The molecule has 1 N–H and O–H groups in total. The second kappa shape index (κ2) is 6.62. The van der Waals surface area contributed by atoms with E-state index >= 15 is 0 Å². The lowest BCUT2D eigenvalue weighted by molar-refractivity contribution is 0.464. The summed E-state index contributed by atoms with van der Waals surface area (Å²) >= 11 is 0. The summed E-state index contributed by atoms with van der Waals surface area (Å²) in [5.74, 6) is -1.55. The van der Waals surface area contributed by atoms with Gasteiger partial charge in [-0.3, -0.25) is 0 Å². The van der Waals surface area contributed by atoms with E-state index in [0.29, 0.717) is 18.5 Å². The summed E-state index contributed by atoms with van der Waals surface area (Å²) in [5.41, 5.74) is 2.68. The van der Waals surface area contributed by atoms with Crippen LogP contribution in [0.25, 0.3) is 0 Å². The van der Waals surface area contributed by atoms with Gasteiger partial charge in [0.1, 0.15) is 0 Å². The Labute approximate surface area is 118 Å². The molecule has 2 aromatic rings. The van der Waals surface area contributed by atoms with Crippen LogP contribution < -0.4 is 5.32 Å². The van der Waals surface area contributed by atoms with Gasteiger partial charge in [-0.15, -0.1) is 0 Å². The van der Waals surface area contributed by atoms with Crippen molar-refractivity contribution in [1.29, 1.82) is 0 Å². The van der Waals surface area contributed by atoms with Crippen LogP contribution in [0, 0.1) is 18.6 Å². The number of likely N-dealkylation sites (N-methyl/N-ethyl adjacent to an activating group) is 1. The first-order valence-corrected chi connectivity index (χ1v) is 6.85. The van der Waals surface area contributed by atoms with Gasteiger partial charge in [0, 0.05) is 11.6 Å². The van der Waals surface area contributed by atoms with Crippen molar-refractivity contribution in [2.45, 2.75) is 26.3 Å². The molecule has 0 aliphatic carbocycles. The van der Waals surface area contributed by atoms with E-state index < -0.39 is 11.6 Å². The Morgan fingerprint density at radius 3 is 2.50 bits per heavy atom. The molecule has 1 atom stereocenters. The van der Waals surface area contributed by atoms with E-state index in [2.05, 4.69) is 5.32 Å². The van der Waals surface area contributed by atoms with Crippen molar-refractivity contribution in [3.63, 3.8) is 0 Å². The van der Waals surface area contributed by atoms with Crippen molar-refractivity contribution >= 4 is 0 Å². The van der Waals surface area contributed by atoms with Crippen LogP contribution in [-0.2, 0) is 6.42 Å². The molecule has 0 aliphatic rings. The van der Waals surface area contributed by atoms with Crippen molar-refractivity contribution in [2.24, 2.45) is 0 Å². The molecule has 0 saturated heterocycles.